The van der Waals surface area contributed by atoms with Crippen LogP contribution in [-0.2, 0) is 15.9 Å². The van der Waals surface area contributed by atoms with Crippen LogP contribution in [0, 0.1) is 0 Å². The molecule has 8 heteroatoms. The van der Waals surface area contributed by atoms with Gasteiger partial charge in [-0.05, 0) is 24.3 Å². The van der Waals surface area contributed by atoms with E-state index in [1.165, 1.54) is 23.9 Å². The maximum Gasteiger partial charge on any atom is 0.340 e. The number of benzene rings is 1. The average molecular weight is 347 g/mol. The third kappa shape index (κ3) is 4.11. The van der Waals surface area contributed by atoms with Crippen molar-refractivity contribution in [1.29, 1.82) is 0 Å². The van der Waals surface area contributed by atoms with Crippen LogP contribution in [0.4, 0.5) is 0 Å². The molecule has 1 N–H and O–H groups in total. The quantitative estimate of drug-likeness (QED) is 0.545. The number of hydrogen-bond donors (Lipinski definition) is 1. The second-order valence-corrected chi connectivity index (χ2v) is 7.08. The van der Waals surface area contributed by atoms with Gasteiger partial charge >= 0.3 is 10.1 Å². The van der Waals surface area contributed by atoms with Gasteiger partial charge in [-0.3, -0.25) is 5.10 Å². The van der Waals surface area contributed by atoms with Gasteiger partial charge in [0, 0.05) is 23.7 Å². The topological polar surface area (TPSA) is 84.9 Å². The van der Waals surface area contributed by atoms with E-state index in [1.807, 2.05) is 18.2 Å². The van der Waals surface area contributed by atoms with E-state index in [2.05, 4.69) is 15.2 Å². The van der Waals surface area contributed by atoms with Crippen LogP contribution in [0.5, 0.6) is 5.88 Å². The summed E-state index contributed by atoms with van der Waals surface area (Å²) in [7, 11) is -3.87. The van der Waals surface area contributed by atoms with Gasteiger partial charge < -0.3 is 4.18 Å². The molecular formula is C15H13N3O3S2. The standard InChI is InChI=1S/C15H13N3O3S2/c19-23(20,13-6-2-1-3-7-13)21-14-10-12(17-18-14)11-22-15-8-4-5-9-16-15/h1-10H,11H2,(H,17,18). The lowest BCUT2D eigenvalue weighted by atomic mass is 10.4. The predicted octanol–water partition coefficient (Wildman–Crippen LogP) is 2.86. The van der Waals surface area contributed by atoms with Crippen molar-refractivity contribution in [2.45, 2.75) is 15.7 Å². The number of pyridine rings is 1. The number of hydrogen-bond acceptors (Lipinski definition) is 6. The van der Waals surface area contributed by atoms with Crippen LogP contribution in [0.15, 0.2) is 70.7 Å². The molecule has 3 aromatic rings. The van der Waals surface area contributed by atoms with Crippen molar-refractivity contribution in [2.75, 3.05) is 0 Å². The number of nitrogens with one attached hydrogen (secondary N) is 1. The first-order chi connectivity index (χ1) is 11.1. The largest absolute Gasteiger partial charge is 0.357 e. The summed E-state index contributed by atoms with van der Waals surface area (Å²) in [5.74, 6) is 0.601. The van der Waals surface area contributed by atoms with Crippen LogP contribution in [0.3, 0.4) is 0 Å². The zero-order chi connectivity index (χ0) is 16.1. The summed E-state index contributed by atoms with van der Waals surface area (Å²) in [6, 6.07) is 15.2. The minimum atomic E-state index is -3.87. The normalized spacial score (nSPS) is 11.3. The minimum Gasteiger partial charge on any atom is -0.357 e. The number of rotatable bonds is 6. The van der Waals surface area contributed by atoms with Crippen LogP contribution in [0.2, 0.25) is 0 Å². The molecule has 6 nitrogen and oxygen atoms in total. The lowest BCUT2D eigenvalue weighted by Gasteiger charge is -2.03. The second kappa shape index (κ2) is 6.84. The van der Waals surface area contributed by atoms with Gasteiger partial charge in [0.2, 0.25) is 0 Å². The van der Waals surface area contributed by atoms with Crippen LogP contribution in [-0.4, -0.2) is 23.6 Å². The molecule has 2 heterocycles. The maximum atomic E-state index is 12.1. The van der Waals surface area contributed by atoms with E-state index in [0.717, 1.165) is 10.7 Å². The number of thioether (sulfide) groups is 1. The first kappa shape index (κ1) is 15.6. The summed E-state index contributed by atoms with van der Waals surface area (Å²) >= 11 is 1.51. The Balaban J connectivity index is 1.65. The Morgan fingerprint density at radius 2 is 1.87 bits per heavy atom. The molecule has 2 aromatic heterocycles. The van der Waals surface area contributed by atoms with E-state index in [9.17, 15) is 8.42 Å². The van der Waals surface area contributed by atoms with Gasteiger partial charge in [-0.15, -0.1) is 16.9 Å². The van der Waals surface area contributed by atoms with Gasteiger partial charge in [0.15, 0.2) is 0 Å². The first-order valence-electron chi connectivity index (χ1n) is 6.71. The van der Waals surface area contributed by atoms with Crippen molar-refractivity contribution in [3.63, 3.8) is 0 Å². The molecule has 1 aromatic carbocycles. The molecule has 0 saturated carbocycles. The number of aromatic amines is 1. The van der Waals surface area contributed by atoms with Gasteiger partial charge in [0.25, 0.3) is 5.88 Å². The molecule has 0 radical (unpaired) electrons. The fraction of sp³-hybridized carbons (Fsp3) is 0.0667. The van der Waals surface area contributed by atoms with E-state index in [0.29, 0.717) is 5.75 Å². The molecule has 3 rings (SSSR count). The smallest absolute Gasteiger partial charge is 0.340 e. The molecule has 0 amide bonds. The zero-order valence-electron chi connectivity index (χ0n) is 11.9. The highest BCUT2D eigenvalue weighted by Crippen LogP contribution is 2.22. The Hall–Kier alpha value is -2.32. The average Bonchev–Trinajstić information content (AvgIpc) is 3.01. The molecule has 0 spiro atoms. The summed E-state index contributed by atoms with van der Waals surface area (Å²) in [6.45, 7) is 0. The van der Waals surface area contributed by atoms with Gasteiger partial charge in [0.1, 0.15) is 4.90 Å². The molecule has 0 aliphatic carbocycles. The SMILES string of the molecule is O=S(=O)(Oc1cc(CSc2ccccn2)[nH]n1)c1ccccc1. The van der Waals surface area contributed by atoms with E-state index in [-0.39, 0.29) is 10.8 Å². The summed E-state index contributed by atoms with van der Waals surface area (Å²) < 4.78 is 29.2. The van der Waals surface area contributed by atoms with Crippen LogP contribution in [0.1, 0.15) is 5.69 Å². The first-order valence-corrected chi connectivity index (χ1v) is 9.10. The molecular weight excluding hydrogens is 334 g/mol. The number of aromatic nitrogens is 3. The highest BCUT2D eigenvalue weighted by atomic mass is 32.2. The van der Waals surface area contributed by atoms with Crippen molar-refractivity contribution in [3.05, 3.63) is 66.5 Å². The molecule has 0 fully saturated rings. The van der Waals surface area contributed by atoms with E-state index < -0.39 is 10.1 Å². The van der Waals surface area contributed by atoms with Crippen LogP contribution in [0.25, 0.3) is 0 Å². The number of nitrogens with zero attached hydrogens (tertiary/aromatic N) is 2. The summed E-state index contributed by atoms with van der Waals surface area (Å²) in [6.07, 6.45) is 1.72. The minimum absolute atomic E-state index is 0.0190. The van der Waals surface area contributed by atoms with E-state index in [1.54, 1.807) is 30.5 Å². The highest BCUT2D eigenvalue weighted by Gasteiger charge is 2.17. The van der Waals surface area contributed by atoms with Crippen molar-refractivity contribution >= 4 is 21.9 Å². The zero-order valence-corrected chi connectivity index (χ0v) is 13.5. The van der Waals surface area contributed by atoms with Crippen molar-refractivity contribution in [1.82, 2.24) is 15.2 Å². The lowest BCUT2D eigenvalue weighted by Crippen LogP contribution is -2.09. The second-order valence-electron chi connectivity index (χ2n) is 4.54. The molecule has 0 saturated heterocycles. The third-order valence-electron chi connectivity index (χ3n) is 2.85. The van der Waals surface area contributed by atoms with Crippen LogP contribution < -0.4 is 4.18 Å². The summed E-state index contributed by atoms with van der Waals surface area (Å²) in [5.41, 5.74) is 0.749. The Bertz CT molecular complexity index is 865. The van der Waals surface area contributed by atoms with Gasteiger partial charge in [-0.1, -0.05) is 24.3 Å². The summed E-state index contributed by atoms with van der Waals surface area (Å²) in [5, 5.41) is 7.52. The molecule has 23 heavy (non-hydrogen) atoms. The van der Waals surface area contributed by atoms with E-state index >= 15 is 0 Å². The van der Waals surface area contributed by atoms with Gasteiger partial charge in [0.05, 0.1) is 5.03 Å². The fourth-order valence-corrected chi connectivity index (χ4v) is 3.45. The monoisotopic (exact) mass is 347 g/mol. The van der Waals surface area contributed by atoms with E-state index in [4.69, 9.17) is 4.18 Å². The molecule has 0 aliphatic rings. The summed E-state index contributed by atoms with van der Waals surface area (Å²) in [4.78, 5) is 4.29. The molecule has 0 atom stereocenters. The lowest BCUT2D eigenvalue weighted by molar-refractivity contribution is 0.475. The van der Waals surface area contributed by atoms with Gasteiger partial charge in [-0.2, -0.15) is 8.42 Å². The molecule has 118 valence electrons. The third-order valence-corrected chi connectivity index (χ3v) is 5.08. The van der Waals surface area contributed by atoms with Crippen LogP contribution >= 0.6 is 11.8 Å². The Labute approximate surface area is 138 Å². The van der Waals surface area contributed by atoms with Crippen molar-refractivity contribution in [3.8, 4) is 5.88 Å². The Morgan fingerprint density at radius 1 is 1.09 bits per heavy atom. The Morgan fingerprint density at radius 3 is 2.61 bits per heavy atom. The molecule has 0 bridgehead atoms. The highest BCUT2D eigenvalue weighted by molar-refractivity contribution is 7.98. The fourth-order valence-electron chi connectivity index (χ4n) is 1.79. The number of H-pyrrole nitrogens is 1. The van der Waals surface area contributed by atoms with Gasteiger partial charge in [-0.25, -0.2) is 4.98 Å². The van der Waals surface area contributed by atoms with Crippen molar-refractivity contribution in [2.24, 2.45) is 0 Å². The predicted molar refractivity (Wildman–Crippen MR) is 86.6 cm³/mol. The maximum absolute atomic E-state index is 12.1. The van der Waals surface area contributed by atoms with Crippen molar-refractivity contribution < 1.29 is 12.6 Å². The molecule has 0 aliphatic heterocycles. The Kier molecular flexibility index (Phi) is 4.63. The molecule has 0 unspecified atom stereocenters.